The van der Waals surface area contributed by atoms with E-state index in [-0.39, 0.29) is 12.3 Å². The Labute approximate surface area is 99.2 Å². The first-order valence-corrected chi connectivity index (χ1v) is 5.57. The maximum Gasteiger partial charge on any atom is 0.276 e. The van der Waals surface area contributed by atoms with Gasteiger partial charge in [-0.15, -0.1) is 0 Å². The fourth-order valence-corrected chi connectivity index (χ4v) is 2.35. The van der Waals surface area contributed by atoms with Crippen molar-refractivity contribution in [3.63, 3.8) is 0 Å². The van der Waals surface area contributed by atoms with Crippen LogP contribution < -0.4 is 4.74 Å². The van der Waals surface area contributed by atoms with Crippen molar-refractivity contribution < 1.29 is 14.8 Å². The van der Waals surface area contributed by atoms with E-state index in [2.05, 4.69) is 0 Å². The fraction of sp³-hybridized carbons (Fsp3) is 0.500. The summed E-state index contributed by atoms with van der Waals surface area (Å²) in [4.78, 5) is 10.7. The Morgan fingerprint density at radius 2 is 2.24 bits per heavy atom. The molecule has 1 aromatic carbocycles. The molecule has 0 spiro atoms. The Morgan fingerprint density at radius 1 is 1.53 bits per heavy atom. The minimum atomic E-state index is -0.422. The average molecular weight is 237 g/mol. The number of nitro groups is 1. The summed E-state index contributed by atoms with van der Waals surface area (Å²) in [5.74, 6) is 0.466. The van der Waals surface area contributed by atoms with Crippen molar-refractivity contribution in [3.8, 4) is 5.75 Å². The lowest BCUT2D eigenvalue weighted by Crippen LogP contribution is -2.38. The molecule has 0 heterocycles. The van der Waals surface area contributed by atoms with E-state index in [4.69, 9.17) is 4.74 Å². The molecule has 1 aliphatic rings. The molecule has 0 radical (unpaired) electrons. The maximum atomic E-state index is 11.1. The smallest absolute Gasteiger partial charge is 0.276 e. The van der Waals surface area contributed by atoms with Crippen molar-refractivity contribution in [2.24, 2.45) is 0 Å². The minimum Gasteiger partial charge on any atom is -0.497 e. The highest BCUT2D eigenvalue weighted by atomic mass is 16.6. The molecule has 0 unspecified atom stereocenters. The molecule has 92 valence electrons. The summed E-state index contributed by atoms with van der Waals surface area (Å²) in [6.07, 6.45) is 2.61. The van der Waals surface area contributed by atoms with Crippen molar-refractivity contribution >= 4 is 5.69 Å². The lowest BCUT2D eigenvalue weighted by molar-refractivity contribution is -0.386. The van der Waals surface area contributed by atoms with E-state index in [0.29, 0.717) is 11.3 Å². The number of hydrogen-bond donors (Lipinski definition) is 1. The third kappa shape index (κ3) is 1.86. The molecule has 1 fully saturated rings. The van der Waals surface area contributed by atoms with Crippen LogP contribution in [-0.2, 0) is 5.41 Å². The predicted octanol–water partition coefficient (Wildman–Crippen LogP) is 2.02. The van der Waals surface area contributed by atoms with Gasteiger partial charge in [-0.05, 0) is 25.0 Å². The van der Waals surface area contributed by atoms with Gasteiger partial charge in [-0.3, -0.25) is 10.1 Å². The van der Waals surface area contributed by atoms with E-state index < -0.39 is 10.3 Å². The van der Waals surface area contributed by atoms with Crippen molar-refractivity contribution in [3.05, 3.63) is 33.9 Å². The van der Waals surface area contributed by atoms with E-state index in [0.717, 1.165) is 19.3 Å². The van der Waals surface area contributed by atoms with Gasteiger partial charge in [0, 0.05) is 11.0 Å². The van der Waals surface area contributed by atoms with Crippen LogP contribution in [0, 0.1) is 10.1 Å². The molecule has 0 atom stereocenters. The lowest BCUT2D eigenvalue weighted by atomic mass is 9.64. The summed E-state index contributed by atoms with van der Waals surface area (Å²) in [7, 11) is 1.48. The van der Waals surface area contributed by atoms with Crippen molar-refractivity contribution in [2.45, 2.75) is 24.7 Å². The van der Waals surface area contributed by atoms with Crippen LogP contribution in [0.15, 0.2) is 18.2 Å². The molecular formula is C12H15NO4. The second-order valence-electron chi connectivity index (χ2n) is 4.43. The molecule has 0 bridgehead atoms. The SMILES string of the molecule is COc1ccc(C2(CO)CCC2)c([N+](=O)[O-])c1. The van der Waals surface area contributed by atoms with Gasteiger partial charge < -0.3 is 9.84 Å². The van der Waals surface area contributed by atoms with Gasteiger partial charge in [0.15, 0.2) is 0 Å². The minimum absolute atomic E-state index is 0.0399. The summed E-state index contributed by atoms with van der Waals surface area (Å²) in [6.45, 7) is -0.0415. The molecule has 2 rings (SSSR count). The van der Waals surface area contributed by atoms with E-state index in [1.165, 1.54) is 13.2 Å². The van der Waals surface area contributed by atoms with E-state index >= 15 is 0 Å². The molecule has 1 saturated carbocycles. The van der Waals surface area contributed by atoms with Crippen LogP contribution in [0.1, 0.15) is 24.8 Å². The van der Waals surface area contributed by atoms with Crippen molar-refractivity contribution in [1.82, 2.24) is 0 Å². The number of aliphatic hydroxyl groups excluding tert-OH is 1. The number of benzene rings is 1. The molecule has 0 saturated heterocycles. The third-order valence-electron chi connectivity index (χ3n) is 3.59. The van der Waals surface area contributed by atoms with Crippen molar-refractivity contribution in [2.75, 3.05) is 13.7 Å². The highest BCUT2D eigenvalue weighted by Crippen LogP contribution is 2.47. The summed E-state index contributed by atoms with van der Waals surface area (Å²) < 4.78 is 4.99. The second-order valence-corrected chi connectivity index (χ2v) is 4.43. The van der Waals surface area contributed by atoms with Gasteiger partial charge in [-0.2, -0.15) is 0 Å². The third-order valence-corrected chi connectivity index (χ3v) is 3.59. The monoisotopic (exact) mass is 237 g/mol. The van der Waals surface area contributed by atoms with Crippen LogP contribution >= 0.6 is 0 Å². The zero-order valence-corrected chi connectivity index (χ0v) is 9.68. The first-order valence-electron chi connectivity index (χ1n) is 5.57. The van der Waals surface area contributed by atoms with E-state index in [9.17, 15) is 15.2 Å². The molecule has 5 heteroatoms. The summed E-state index contributed by atoms with van der Waals surface area (Å²) >= 11 is 0. The highest BCUT2D eigenvalue weighted by Gasteiger charge is 2.42. The number of methoxy groups -OCH3 is 1. The van der Waals surface area contributed by atoms with Gasteiger partial charge in [-0.1, -0.05) is 6.42 Å². The summed E-state index contributed by atoms with van der Waals surface area (Å²) in [5.41, 5.74) is 0.240. The summed E-state index contributed by atoms with van der Waals surface area (Å²) in [6, 6.07) is 4.83. The van der Waals surface area contributed by atoms with Crippen LogP contribution in [0.4, 0.5) is 5.69 Å². The molecule has 5 nitrogen and oxygen atoms in total. The molecule has 0 amide bonds. The Balaban J connectivity index is 2.49. The van der Waals surface area contributed by atoms with Gasteiger partial charge in [0.25, 0.3) is 5.69 Å². The standard InChI is InChI=1S/C12H15NO4/c1-17-9-3-4-10(11(7-9)13(15)16)12(8-14)5-2-6-12/h3-4,7,14H,2,5-6,8H2,1H3. The molecule has 0 aliphatic heterocycles. The Hall–Kier alpha value is -1.62. The van der Waals surface area contributed by atoms with E-state index in [1.807, 2.05) is 0 Å². The zero-order chi connectivity index (χ0) is 12.5. The fourth-order valence-electron chi connectivity index (χ4n) is 2.35. The van der Waals surface area contributed by atoms with Crippen LogP contribution in [0.3, 0.4) is 0 Å². The predicted molar refractivity (Wildman–Crippen MR) is 62.3 cm³/mol. The molecule has 0 aromatic heterocycles. The van der Waals surface area contributed by atoms with Gasteiger partial charge in [0.05, 0.1) is 24.7 Å². The Morgan fingerprint density at radius 3 is 2.65 bits per heavy atom. The van der Waals surface area contributed by atoms with Gasteiger partial charge in [0.2, 0.25) is 0 Å². The second kappa shape index (κ2) is 4.33. The number of nitrogens with zero attached hydrogens (tertiary/aromatic N) is 1. The first-order chi connectivity index (χ1) is 8.13. The van der Waals surface area contributed by atoms with Crippen LogP contribution in [0.5, 0.6) is 5.75 Å². The Bertz CT molecular complexity index is 435. The number of hydrogen-bond acceptors (Lipinski definition) is 4. The summed E-state index contributed by atoms with van der Waals surface area (Å²) in [5, 5.41) is 20.5. The van der Waals surface area contributed by atoms with Crippen molar-refractivity contribution in [1.29, 1.82) is 0 Å². The number of aliphatic hydroxyl groups is 1. The topological polar surface area (TPSA) is 72.6 Å². The maximum absolute atomic E-state index is 11.1. The van der Waals surface area contributed by atoms with Gasteiger partial charge in [-0.25, -0.2) is 0 Å². The molecular weight excluding hydrogens is 222 g/mol. The highest BCUT2D eigenvalue weighted by molar-refractivity contribution is 5.51. The molecule has 1 N–H and O–H groups in total. The van der Waals surface area contributed by atoms with Gasteiger partial charge in [0.1, 0.15) is 5.75 Å². The van der Waals surface area contributed by atoms with E-state index in [1.54, 1.807) is 12.1 Å². The lowest BCUT2D eigenvalue weighted by Gasteiger charge is -2.40. The van der Waals surface area contributed by atoms with Crippen LogP contribution in [-0.4, -0.2) is 23.7 Å². The Kier molecular flexibility index (Phi) is 3.02. The van der Waals surface area contributed by atoms with Crippen LogP contribution in [0.2, 0.25) is 0 Å². The zero-order valence-electron chi connectivity index (χ0n) is 9.68. The first kappa shape index (κ1) is 11.9. The quantitative estimate of drug-likeness (QED) is 0.642. The number of rotatable bonds is 4. The normalized spacial score (nSPS) is 17.3. The number of ether oxygens (including phenoxy) is 1. The largest absolute Gasteiger partial charge is 0.497 e. The molecule has 1 aliphatic carbocycles. The van der Waals surface area contributed by atoms with Crippen LogP contribution in [0.25, 0.3) is 0 Å². The van der Waals surface area contributed by atoms with Gasteiger partial charge >= 0.3 is 0 Å². The number of nitro benzene ring substituents is 1. The molecule has 17 heavy (non-hydrogen) atoms. The molecule has 1 aromatic rings. The average Bonchev–Trinajstić information content (AvgIpc) is 2.28.